The summed E-state index contributed by atoms with van der Waals surface area (Å²) >= 11 is 5.40. The molecule has 1 aliphatic heterocycles. The van der Waals surface area contributed by atoms with Crippen LogP contribution in [0, 0.1) is 5.92 Å². The molecule has 1 fully saturated rings. The van der Waals surface area contributed by atoms with Gasteiger partial charge in [0.15, 0.2) is 5.11 Å². The molecule has 0 saturated carbocycles. The second-order valence-corrected chi connectivity index (χ2v) is 5.17. The predicted molar refractivity (Wildman–Crippen MR) is 65.4 cm³/mol. The lowest BCUT2D eigenvalue weighted by molar-refractivity contribution is 0.204. The maximum atomic E-state index is 5.40. The second-order valence-electron chi connectivity index (χ2n) is 4.79. The molecule has 1 N–H and O–H groups in total. The highest BCUT2D eigenvalue weighted by Gasteiger charge is 2.24. The number of nitrogens with one attached hydrogen (secondary N) is 1. The van der Waals surface area contributed by atoms with Gasteiger partial charge in [-0.25, -0.2) is 0 Å². The van der Waals surface area contributed by atoms with Crippen LogP contribution in [0.25, 0.3) is 0 Å². The lowest BCUT2D eigenvalue weighted by atomic mass is 9.95. The number of nitrogens with zero attached hydrogens (tertiary/aromatic N) is 1. The lowest BCUT2D eigenvalue weighted by Gasteiger charge is -2.39. The van der Waals surface area contributed by atoms with E-state index in [1.54, 1.807) is 0 Å². The fourth-order valence-corrected chi connectivity index (χ4v) is 2.39. The molecule has 1 heterocycles. The minimum atomic E-state index is 0.437. The van der Waals surface area contributed by atoms with Gasteiger partial charge in [-0.15, -0.1) is 0 Å². The molecular weight excluding hydrogens is 192 g/mol. The monoisotopic (exact) mass is 214 g/mol. The van der Waals surface area contributed by atoms with Gasteiger partial charge < -0.3 is 10.2 Å². The van der Waals surface area contributed by atoms with Crippen molar-refractivity contribution < 1.29 is 0 Å². The van der Waals surface area contributed by atoms with E-state index in [0.717, 1.165) is 17.6 Å². The van der Waals surface area contributed by atoms with Crippen molar-refractivity contribution in [2.24, 2.45) is 5.92 Å². The van der Waals surface area contributed by atoms with Crippen molar-refractivity contribution in [3.8, 4) is 0 Å². The molecule has 14 heavy (non-hydrogen) atoms. The van der Waals surface area contributed by atoms with E-state index in [0.29, 0.717) is 12.1 Å². The molecule has 0 aromatic carbocycles. The highest BCUT2D eigenvalue weighted by molar-refractivity contribution is 7.80. The molecule has 82 valence electrons. The number of rotatable bonds is 1. The van der Waals surface area contributed by atoms with Gasteiger partial charge in [-0.1, -0.05) is 6.92 Å². The molecular formula is C11H22N2S. The third kappa shape index (κ3) is 3.12. The van der Waals surface area contributed by atoms with Crippen LogP contribution in [0.5, 0.6) is 0 Å². The third-order valence-electron chi connectivity index (χ3n) is 2.79. The summed E-state index contributed by atoms with van der Waals surface area (Å²) in [7, 11) is 0. The van der Waals surface area contributed by atoms with Crippen LogP contribution in [0.3, 0.4) is 0 Å². The van der Waals surface area contributed by atoms with Gasteiger partial charge in [0.25, 0.3) is 0 Å². The zero-order valence-electron chi connectivity index (χ0n) is 9.71. The van der Waals surface area contributed by atoms with E-state index in [1.807, 2.05) is 0 Å². The van der Waals surface area contributed by atoms with Crippen molar-refractivity contribution in [2.75, 3.05) is 6.54 Å². The zero-order chi connectivity index (χ0) is 10.7. The molecule has 2 nitrogen and oxygen atoms in total. The first-order chi connectivity index (χ1) is 6.50. The van der Waals surface area contributed by atoms with Crippen molar-refractivity contribution in [1.82, 2.24) is 10.2 Å². The van der Waals surface area contributed by atoms with Gasteiger partial charge in [0.1, 0.15) is 0 Å². The SMILES string of the molecule is CC1CCC(C)N(C(=S)NC(C)C)C1. The fourth-order valence-electron chi connectivity index (χ4n) is 1.90. The highest BCUT2D eigenvalue weighted by Crippen LogP contribution is 2.21. The molecule has 0 amide bonds. The molecule has 3 heteroatoms. The van der Waals surface area contributed by atoms with Crippen molar-refractivity contribution in [3.63, 3.8) is 0 Å². The van der Waals surface area contributed by atoms with Crippen LogP contribution >= 0.6 is 12.2 Å². The average molecular weight is 214 g/mol. The van der Waals surface area contributed by atoms with Gasteiger partial charge >= 0.3 is 0 Å². The molecule has 0 aromatic heterocycles. The van der Waals surface area contributed by atoms with Crippen LogP contribution in [0.2, 0.25) is 0 Å². The Morgan fingerprint density at radius 1 is 1.36 bits per heavy atom. The summed E-state index contributed by atoms with van der Waals surface area (Å²) in [5.41, 5.74) is 0. The minimum absolute atomic E-state index is 0.437. The molecule has 0 aromatic rings. The maximum Gasteiger partial charge on any atom is 0.169 e. The van der Waals surface area contributed by atoms with Crippen molar-refractivity contribution in [2.45, 2.75) is 52.6 Å². The van der Waals surface area contributed by atoms with E-state index >= 15 is 0 Å². The number of hydrogen-bond acceptors (Lipinski definition) is 1. The Kier molecular flexibility index (Phi) is 4.17. The van der Waals surface area contributed by atoms with Crippen LogP contribution in [-0.4, -0.2) is 28.6 Å². The first kappa shape index (κ1) is 11.8. The van der Waals surface area contributed by atoms with E-state index in [2.05, 4.69) is 37.9 Å². The van der Waals surface area contributed by atoms with Gasteiger partial charge in [-0.2, -0.15) is 0 Å². The van der Waals surface area contributed by atoms with Crippen LogP contribution in [0.15, 0.2) is 0 Å². The van der Waals surface area contributed by atoms with E-state index in [1.165, 1.54) is 12.8 Å². The van der Waals surface area contributed by atoms with Crippen molar-refractivity contribution in [1.29, 1.82) is 0 Å². The normalized spacial score (nSPS) is 27.9. The first-order valence-corrected chi connectivity index (χ1v) is 5.98. The van der Waals surface area contributed by atoms with E-state index in [4.69, 9.17) is 12.2 Å². The maximum absolute atomic E-state index is 5.40. The van der Waals surface area contributed by atoms with Crippen LogP contribution in [-0.2, 0) is 0 Å². The fraction of sp³-hybridized carbons (Fsp3) is 0.909. The van der Waals surface area contributed by atoms with Gasteiger partial charge in [0, 0.05) is 18.6 Å². The molecule has 0 radical (unpaired) electrons. The summed E-state index contributed by atoms with van der Waals surface area (Å²) in [6, 6.07) is 1.04. The summed E-state index contributed by atoms with van der Waals surface area (Å²) in [4.78, 5) is 2.34. The van der Waals surface area contributed by atoms with Crippen molar-refractivity contribution in [3.05, 3.63) is 0 Å². The third-order valence-corrected chi connectivity index (χ3v) is 3.14. The molecule has 0 spiro atoms. The van der Waals surface area contributed by atoms with Gasteiger partial charge in [0.2, 0.25) is 0 Å². The van der Waals surface area contributed by atoms with Crippen molar-refractivity contribution >= 4 is 17.3 Å². The van der Waals surface area contributed by atoms with E-state index < -0.39 is 0 Å². The lowest BCUT2D eigenvalue weighted by Crippen LogP contribution is -2.50. The molecule has 1 saturated heterocycles. The molecule has 1 aliphatic rings. The van der Waals surface area contributed by atoms with Crippen LogP contribution in [0.1, 0.15) is 40.5 Å². The molecule has 0 bridgehead atoms. The Morgan fingerprint density at radius 2 is 2.00 bits per heavy atom. The average Bonchev–Trinajstić information content (AvgIpc) is 2.08. The molecule has 1 rings (SSSR count). The minimum Gasteiger partial charge on any atom is -0.360 e. The zero-order valence-corrected chi connectivity index (χ0v) is 10.5. The quantitative estimate of drug-likeness (QED) is 0.675. The summed E-state index contributed by atoms with van der Waals surface area (Å²) in [6.45, 7) is 9.94. The Labute approximate surface area is 93.1 Å². The Balaban J connectivity index is 2.51. The van der Waals surface area contributed by atoms with Crippen LogP contribution in [0.4, 0.5) is 0 Å². The number of thiocarbonyl (C=S) groups is 1. The number of piperidine rings is 1. The topological polar surface area (TPSA) is 15.3 Å². The standard InChI is InChI=1S/C11H22N2S/c1-8(2)12-11(14)13-7-9(3)5-6-10(13)4/h8-10H,5-7H2,1-4H3,(H,12,14). The second kappa shape index (κ2) is 4.96. The smallest absolute Gasteiger partial charge is 0.169 e. The van der Waals surface area contributed by atoms with Gasteiger partial charge in [-0.3, -0.25) is 0 Å². The molecule has 0 aliphatic carbocycles. The summed E-state index contributed by atoms with van der Waals surface area (Å²) < 4.78 is 0. The number of hydrogen-bond donors (Lipinski definition) is 1. The van der Waals surface area contributed by atoms with E-state index in [9.17, 15) is 0 Å². The largest absolute Gasteiger partial charge is 0.360 e. The molecule has 2 atom stereocenters. The molecule has 2 unspecified atom stereocenters. The van der Waals surface area contributed by atoms with Gasteiger partial charge in [-0.05, 0) is 51.7 Å². The van der Waals surface area contributed by atoms with E-state index in [-0.39, 0.29) is 0 Å². The summed E-state index contributed by atoms with van der Waals surface area (Å²) in [5.74, 6) is 0.776. The predicted octanol–water partition coefficient (Wildman–Crippen LogP) is 2.39. The summed E-state index contributed by atoms with van der Waals surface area (Å²) in [5, 5.41) is 4.25. The number of likely N-dealkylation sites (tertiary alicyclic amines) is 1. The Morgan fingerprint density at radius 3 is 2.57 bits per heavy atom. The Hall–Kier alpha value is -0.310. The summed E-state index contributed by atoms with van der Waals surface area (Å²) in [6.07, 6.45) is 2.60. The Bertz CT molecular complexity index is 203. The van der Waals surface area contributed by atoms with Gasteiger partial charge in [0.05, 0.1) is 0 Å². The highest BCUT2D eigenvalue weighted by atomic mass is 32.1. The van der Waals surface area contributed by atoms with Crippen LogP contribution < -0.4 is 5.32 Å². The first-order valence-electron chi connectivity index (χ1n) is 5.57.